The number of hydrogen-bond donors (Lipinski definition) is 0. The summed E-state index contributed by atoms with van der Waals surface area (Å²) in [6.07, 6.45) is 7.66. The van der Waals surface area contributed by atoms with Gasteiger partial charge in [-0.2, -0.15) is 0 Å². The third-order valence-electron chi connectivity index (χ3n) is 3.48. The van der Waals surface area contributed by atoms with E-state index in [9.17, 15) is 9.59 Å². The van der Waals surface area contributed by atoms with Gasteiger partial charge < -0.3 is 14.2 Å². The zero-order valence-corrected chi connectivity index (χ0v) is 11.9. The van der Waals surface area contributed by atoms with Crippen LogP contribution in [0.15, 0.2) is 35.3 Å². The number of carbonyl (C=O) groups excluding carboxylic acids is 1. The lowest BCUT2D eigenvalue weighted by Gasteiger charge is -2.24. The Morgan fingerprint density at radius 2 is 2.30 bits per heavy atom. The van der Waals surface area contributed by atoms with E-state index in [0.29, 0.717) is 6.54 Å². The Labute approximate surface area is 118 Å². The highest BCUT2D eigenvalue weighted by Gasteiger charge is 2.24. The van der Waals surface area contributed by atoms with Gasteiger partial charge in [-0.25, -0.2) is 0 Å². The van der Waals surface area contributed by atoms with E-state index in [1.807, 2.05) is 11.0 Å². The van der Waals surface area contributed by atoms with Crippen molar-refractivity contribution in [1.82, 2.24) is 9.47 Å². The number of hydrogen-bond acceptors (Lipinski definition) is 3. The fraction of sp³-hybridized carbons (Fsp3) is 0.467. The Morgan fingerprint density at radius 1 is 1.50 bits per heavy atom. The Hall–Kier alpha value is -2.04. The predicted molar refractivity (Wildman–Crippen MR) is 76.8 cm³/mol. The fourth-order valence-electron chi connectivity index (χ4n) is 2.44. The molecular formula is C15H20N2O3. The zero-order valence-electron chi connectivity index (χ0n) is 11.9. The van der Waals surface area contributed by atoms with Crippen LogP contribution in [-0.4, -0.2) is 35.1 Å². The van der Waals surface area contributed by atoms with Crippen LogP contribution in [0.1, 0.15) is 19.8 Å². The summed E-state index contributed by atoms with van der Waals surface area (Å²) in [7, 11) is 1.45. The molecule has 108 valence electrons. The number of pyridine rings is 1. The van der Waals surface area contributed by atoms with Crippen LogP contribution >= 0.6 is 0 Å². The molecule has 0 aromatic carbocycles. The first-order valence-corrected chi connectivity index (χ1v) is 6.87. The minimum Gasteiger partial charge on any atom is -0.491 e. The molecule has 0 radical (unpaired) electrons. The van der Waals surface area contributed by atoms with Crippen LogP contribution in [0.4, 0.5) is 0 Å². The molecule has 1 aliphatic heterocycles. The molecule has 0 spiro atoms. The van der Waals surface area contributed by atoms with Crippen molar-refractivity contribution in [2.75, 3.05) is 13.7 Å². The van der Waals surface area contributed by atoms with Crippen LogP contribution in [0.5, 0.6) is 5.75 Å². The summed E-state index contributed by atoms with van der Waals surface area (Å²) in [6.45, 7) is 2.78. The first-order chi connectivity index (χ1) is 9.67. The molecule has 1 aliphatic rings. The summed E-state index contributed by atoms with van der Waals surface area (Å²) in [5.41, 5.74) is -0.275. The first kappa shape index (κ1) is 14.4. The van der Waals surface area contributed by atoms with E-state index < -0.39 is 0 Å². The van der Waals surface area contributed by atoms with Crippen molar-refractivity contribution in [2.24, 2.45) is 0 Å². The number of nitrogens with zero attached hydrogens (tertiary/aromatic N) is 2. The molecule has 1 aromatic heterocycles. The fourth-order valence-corrected chi connectivity index (χ4v) is 2.44. The number of rotatable bonds is 5. The molecule has 5 heteroatoms. The molecule has 0 aliphatic carbocycles. The van der Waals surface area contributed by atoms with Gasteiger partial charge in [0.2, 0.25) is 5.91 Å². The lowest BCUT2D eigenvalue weighted by molar-refractivity contribution is -0.132. The van der Waals surface area contributed by atoms with Crippen LogP contribution in [0.25, 0.3) is 0 Å². The van der Waals surface area contributed by atoms with E-state index in [-0.39, 0.29) is 29.8 Å². The van der Waals surface area contributed by atoms with Gasteiger partial charge in [-0.3, -0.25) is 9.59 Å². The molecule has 0 saturated carbocycles. The van der Waals surface area contributed by atoms with Gasteiger partial charge in [-0.05, 0) is 18.6 Å². The number of ether oxygens (including phenoxy) is 1. The van der Waals surface area contributed by atoms with Gasteiger partial charge in [-0.1, -0.05) is 25.5 Å². The van der Waals surface area contributed by atoms with E-state index in [1.165, 1.54) is 11.7 Å². The maximum atomic E-state index is 12.3. The van der Waals surface area contributed by atoms with Crippen molar-refractivity contribution in [2.45, 2.75) is 32.4 Å². The predicted octanol–water partition coefficient (Wildman–Crippen LogP) is 1.42. The molecular weight excluding hydrogens is 256 g/mol. The second-order valence-corrected chi connectivity index (χ2v) is 4.84. The lowest BCUT2D eigenvalue weighted by atomic mass is 10.1. The van der Waals surface area contributed by atoms with E-state index in [0.717, 1.165) is 12.8 Å². The number of carbonyl (C=O) groups is 1. The van der Waals surface area contributed by atoms with E-state index in [2.05, 4.69) is 13.0 Å². The third kappa shape index (κ3) is 2.92. The summed E-state index contributed by atoms with van der Waals surface area (Å²) in [5.74, 6) is 0.216. The molecule has 1 amide bonds. The molecule has 2 rings (SSSR count). The minimum absolute atomic E-state index is 0.0381. The van der Waals surface area contributed by atoms with Gasteiger partial charge in [-0.15, -0.1) is 0 Å². The van der Waals surface area contributed by atoms with Crippen molar-refractivity contribution in [3.8, 4) is 5.75 Å². The van der Waals surface area contributed by atoms with Crippen molar-refractivity contribution in [1.29, 1.82) is 0 Å². The Morgan fingerprint density at radius 3 is 3.00 bits per heavy atom. The molecule has 0 saturated heterocycles. The third-order valence-corrected chi connectivity index (χ3v) is 3.48. The maximum absolute atomic E-state index is 12.3. The molecule has 1 unspecified atom stereocenters. The first-order valence-electron chi connectivity index (χ1n) is 6.87. The molecule has 1 aromatic rings. The van der Waals surface area contributed by atoms with Crippen molar-refractivity contribution in [3.63, 3.8) is 0 Å². The zero-order chi connectivity index (χ0) is 14.5. The second kappa shape index (κ2) is 6.41. The number of methoxy groups -OCH3 is 1. The van der Waals surface area contributed by atoms with Gasteiger partial charge >= 0.3 is 0 Å². The summed E-state index contributed by atoms with van der Waals surface area (Å²) in [4.78, 5) is 26.2. The van der Waals surface area contributed by atoms with Crippen molar-refractivity contribution in [3.05, 3.63) is 40.8 Å². The average Bonchev–Trinajstić information content (AvgIpc) is 2.90. The van der Waals surface area contributed by atoms with Crippen LogP contribution in [0, 0.1) is 0 Å². The summed E-state index contributed by atoms with van der Waals surface area (Å²) in [6, 6.07) is 3.47. The SMILES string of the molecule is CCCC1C=CCN1C(=O)Cn1cccc(OC)c1=O. The Bertz CT molecular complexity index is 562. The van der Waals surface area contributed by atoms with Gasteiger partial charge in [0, 0.05) is 12.7 Å². The number of aromatic nitrogens is 1. The largest absolute Gasteiger partial charge is 0.491 e. The summed E-state index contributed by atoms with van der Waals surface area (Å²) < 4.78 is 6.37. The highest BCUT2D eigenvalue weighted by molar-refractivity contribution is 5.77. The molecule has 0 N–H and O–H groups in total. The van der Waals surface area contributed by atoms with Crippen LogP contribution in [-0.2, 0) is 11.3 Å². The average molecular weight is 276 g/mol. The minimum atomic E-state index is -0.275. The molecule has 5 nitrogen and oxygen atoms in total. The summed E-state index contributed by atoms with van der Waals surface area (Å²) in [5, 5.41) is 0. The lowest BCUT2D eigenvalue weighted by Crippen LogP contribution is -2.39. The Kier molecular flexibility index (Phi) is 4.61. The molecule has 0 bridgehead atoms. The maximum Gasteiger partial charge on any atom is 0.293 e. The molecule has 2 heterocycles. The summed E-state index contributed by atoms with van der Waals surface area (Å²) >= 11 is 0. The molecule has 1 atom stereocenters. The van der Waals surface area contributed by atoms with E-state index in [1.54, 1.807) is 18.3 Å². The van der Waals surface area contributed by atoms with Crippen LogP contribution in [0.2, 0.25) is 0 Å². The highest BCUT2D eigenvalue weighted by atomic mass is 16.5. The van der Waals surface area contributed by atoms with Crippen molar-refractivity contribution < 1.29 is 9.53 Å². The standard InChI is InChI=1S/C15H20N2O3/c1-3-6-12-7-4-10-17(12)14(18)11-16-9-5-8-13(20-2)15(16)19/h4-5,7-9,12H,3,6,10-11H2,1-2H3. The normalized spacial score (nSPS) is 17.5. The van der Waals surface area contributed by atoms with Gasteiger partial charge in [0.1, 0.15) is 6.54 Å². The smallest absolute Gasteiger partial charge is 0.293 e. The van der Waals surface area contributed by atoms with Gasteiger partial charge in [0.25, 0.3) is 5.56 Å². The highest BCUT2D eigenvalue weighted by Crippen LogP contribution is 2.15. The van der Waals surface area contributed by atoms with E-state index in [4.69, 9.17) is 4.74 Å². The number of amides is 1. The second-order valence-electron chi connectivity index (χ2n) is 4.84. The van der Waals surface area contributed by atoms with Gasteiger partial charge in [0.05, 0.1) is 13.2 Å². The molecule has 0 fully saturated rings. The topological polar surface area (TPSA) is 51.5 Å². The quantitative estimate of drug-likeness (QED) is 0.764. The monoisotopic (exact) mass is 276 g/mol. The van der Waals surface area contributed by atoms with Gasteiger partial charge in [0.15, 0.2) is 5.75 Å². The van der Waals surface area contributed by atoms with Crippen LogP contribution < -0.4 is 10.3 Å². The Balaban J connectivity index is 2.10. The molecule has 20 heavy (non-hydrogen) atoms. The van der Waals surface area contributed by atoms with Crippen molar-refractivity contribution >= 4 is 5.91 Å². The van der Waals surface area contributed by atoms with E-state index >= 15 is 0 Å². The van der Waals surface area contributed by atoms with Crippen LogP contribution in [0.3, 0.4) is 0 Å².